The fourth-order valence-corrected chi connectivity index (χ4v) is 2.77. The zero-order chi connectivity index (χ0) is 14.5. The van der Waals surface area contributed by atoms with Crippen molar-refractivity contribution in [1.29, 1.82) is 0 Å². The van der Waals surface area contributed by atoms with Crippen LogP contribution in [-0.2, 0) is 19.6 Å². The molecule has 0 aliphatic rings. The van der Waals surface area contributed by atoms with Gasteiger partial charge in [0.2, 0.25) is 0 Å². The molecule has 0 unspecified atom stereocenters. The summed E-state index contributed by atoms with van der Waals surface area (Å²) in [5, 5.41) is 0.775. The maximum Gasteiger partial charge on any atom is 0.0406 e. The van der Waals surface area contributed by atoms with Crippen LogP contribution >= 0.6 is 27.5 Å². The van der Waals surface area contributed by atoms with Crippen molar-refractivity contribution in [2.75, 3.05) is 7.05 Å². The van der Waals surface area contributed by atoms with Crippen LogP contribution in [0.4, 0.5) is 0 Å². The molecule has 2 nitrogen and oxygen atoms in total. The van der Waals surface area contributed by atoms with Gasteiger partial charge in [0.05, 0.1) is 0 Å². The van der Waals surface area contributed by atoms with Crippen molar-refractivity contribution in [3.05, 3.63) is 68.7 Å². The molecule has 0 aliphatic carbocycles. The zero-order valence-electron chi connectivity index (χ0n) is 11.4. The highest BCUT2D eigenvalue weighted by Crippen LogP contribution is 2.21. The van der Waals surface area contributed by atoms with Gasteiger partial charge >= 0.3 is 0 Å². The number of hydrogen-bond acceptors (Lipinski definition) is 2. The average Bonchev–Trinajstić information content (AvgIpc) is 2.43. The predicted molar refractivity (Wildman–Crippen MR) is 88.7 cm³/mol. The summed E-state index contributed by atoms with van der Waals surface area (Å²) >= 11 is 9.51. The summed E-state index contributed by atoms with van der Waals surface area (Å²) in [4.78, 5) is 2.27. The third-order valence-corrected chi connectivity index (χ3v) is 4.15. The molecular weight excluding hydrogens is 336 g/mol. The van der Waals surface area contributed by atoms with E-state index in [1.165, 1.54) is 11.1 Å². The molecule has 0 spiro atoms. The Kier molecular flexibility index (Phi) is 5.61. The second kappa shape index (κ2) is 7.23. The minimum atomic E-state index is 0.569. The minimum Gasteiger partial charge on any atom is -0.326 e. The van der Waals surface area contributed by atoms with Gasteiger partial charge in [0.1, 0.15) is 0 Å². The lowest BCUT2D eigenvalue weighted by Gasteiger charge is -2.18. The number of nitrogens with zero attached hydrogens (tertiary/aromatic N) is 1. The summed E-state index contributed by atoms with van der Waals surface area (Å²) < 4.78 is 1.11. The summed E-state index contributed by atoms with van der Waals surface area (Å²) in [6.07, 6.45) is 0. The maximum atomic E-state index is 5.90. The molecule has 4 heteroatoms. The van der Waals surface area contributed by atoms with E-state index in [-0.39, 0.29) is 0 Å². The Morgan fingerprint density at radius 2 is 1.70 bits per heavy atom. The maximum absolute atomic E-state index is 5.90. The van der Waals surface area contributed by atoms with E-state index in [2.05, 4.69) is 58.2 Å². The van der Waals surface area contributed by atoms with Crippen LogP contribution in [0.3, 0.4) is 0 Å². The third-order valence-electron chi connectivity index (χ3n) is 3.16. The normalized spacial score (nSPS) is 11.1. The fourth-order valence-electron chi connectivity index (χ4n) is 2.09. The van der Waals surface area contributed by atoms with Gasteiger partial charge in [-0.1, -0.05) is 51.8 Å². The summed E-state index contributed by atoms with van der Waals surface area (Å²) in [7, 11) is 2.11. The Morgan fingerprint density at radius 1 is 1.05 bits per heavy atom. The van der Waals surface area contributed by atoms with Gasteiger partial charge in [0.25, 0.3) is 0 Å². The van der Waals surface area contributed by atoms with Gasteiger partial charge in [-0.2, -0.15) is 0 Å². The molecular formula is C16H18BrClN2. The van der Waals surface area contributed by atoms with Gasteiger partial charge in [-0.25, -0.2) is 0 Å². The van der Waals surface area contributed by atoms with E-state index in [4.69, 9.17) is 17.3 Å². The Labute approximate surface area is 133 Å². The van der Waals surface area contributed by atoms with Crippen molar-refractivity contribution in [3.8, 4) is 0 Å². The molecule has 0 saturated carbocycles. The topological polar surface area (TPSA) is 29.3 Å². The molecule has 0 amide bonds. The summed E-state index contributed by atoms with van der Waals surface area (Å²) in [6.45, 7) is 2.34. The van der Waals surface area contributed by atoms with Crippen molar-refractivity contribution in [2.45, 2.75) is 19.6 Å². The molecule has 2 aromatic carbocycles. The molecule has 0 atom stereocenters. The van der Waals surface area contributed by atoms with E-state index in [1.54, 1.807) is 0 Å². The Bertz CT molecular complexity index is 569. The van der Waals surface area contributed by atoms with E-state index < -0.39 is 0 Å². The van der Waals surface area contributed by atoms with Gasteiger partial charge in [-0.05, 0) is 41.9 Å². The number of hydrogen-bond donors (Lipinski definition) is 1. The van der Waals surface area contributed by atoms with E-state index in [1.807, 2.05) is 12.1 Å². The molecule has 106 valence electrons. The minimum absolute atomic E-state index is 0.569. The van der Waals surface area contributed by atoms with E-state index >= 15 is 0 Å². The second-order valence-corrected chi connectivity index (χ2v) is 6.22. The van der Waals surface area contributed by atoms with Crippen LogP contribution in [0.5, 0.6) is 0 Å². The number of nitrogens with two attached hydrogens (primary N) is 1. The largest absolute Gasteiger partial charge is 0.326 e. The molecule has 0 aliphatic heterocycles. The molecule has 20 heavy (non-hydrogen) atoms. The molecule has 0 bridgehead atoms. The first-order valence-corrected chi connectivity index (χ1v) is 7.66. The van der Waals surface area contributed by atoms with E-state index in [9.17, 15) is 0 Å². The summed E-state index contributed by atoms with van der Waals surface area (Å²) in [5.41, 5.74) is 9.30. The van der Waals surface area contributed by atoms with Crippen molar-refractivity contribution in [1.82, 2.24) is 4.90 Å². The van der Waals surface area contributed by atoms with Crippen molar-refractivity contribution >= 4 is 27.5 Å². The highest BCUT2D eigenvalue weighted by molar-refractivity contribution is 9.10. The van der Waals surface area contributed by atoms with Crippen molar-refractivity contribution in [2.24, 2.45) is 5.73 Å². The van der Waals surface area contributed by atoms with Gasteiger partial charge < -0.3 is 5.73 Å². The molecule has 2 rings (SSSR count). The monoisotopic (exact) mass is 352 g/mol. The van der Waals surface area contributed by atoms with Gasteiger partial charge in [-0.3, -0.25) is 4.90 Å². The van der Waals surface area contributed by atoms with Crippen LogP contribution in [0, 0.1) is 0 Å². The van der Waals surface area contributed by atoms with Crippen LogP contribution < -0.4 is 5.73 Å². The molecule has 0 radical (unpaired) electrons. The van der Waals surface area contributed by atoms with Crippen LogP contribution in [0.25, 0.3) is 0 Å². The lowest BCUT2D eigenvalue weighted by Crippen LogP contribution is -2.17. The highest BCUT2D eigenvalue weighted by atomic mass is 79.9. The van der Waals surface area contributed by atoms with Gasteiger partial charge in [0.15, 0.2) is 0 Å². The fraction of sp³-hybridized carbons (Fsp3) is 0.250. The SMILES string of the molecule is CN(Cc1ccc(Cl)cc1)Cc1ccc(CN)cc1Br. The molecule has 0 heterocycles. The second-order valence-electron chi connectivity index (χ2n) is 4.93. The molecule has 0 aromatic heterocycles. The average molecular weight is 354 g/mol. The molecule has 2 N–H and O–H groups in total. The number of rotatable bonds is 5. The molecule has 0 fully saturated rings. The number of halogens is 2. The quantitative estimate of drug-likeness (QED) is 0.873. The summed E-state index contributed by atoms with van der Waals surface area (Å²) in [5.74, 6) is 0. The predicted octanol–water partition coefficient (Wildman–Crippen LogP) is 4.19. The first-order chi connectivity index (χ1) is 9.58. The van der Waals surface area contributed by atoms with Gasteiger partial charge in [-0.15, -0.1) is 0 Å². The smallest absolute Gasteiger partial charge is 0.0406 e. The molecule has 0 saturated heterocycles. The van der Waals surface area contributed by atoms with Crippen LogP contribution in [0.15, 0.2) is 46.9 Å². The van der Waals surface area contributed by atoms with Gasteiger partial charge in [0, 0.05) is 29.1 Å². The third kappa shape index (κ3) is 4.32. The first-order valence-electron chi connectivity index (χ1n) is 6.49. The van der Waals surface area contributed by atoms with Crippen LogP contribution in [-0.4, -0.2) is 11.9 Å². The Balaban J connectivity index is 2.00. The lowest BCUT2D eigenvalue weighted by atomic mass is 10.1. The van der Waals surface area contributed by atoms with Crippen molar-refractivity contribution in [3.63, 3.8) is 0 Å². The first kappa shape index (κ1) is 15.5. The van der Waals surface area contributed by atoms with E-state index in [0.717, 1.165) is 28.1 Å². The summed E-state index contributed by atoms with van der Waals surface area (Å²) in [6, 6.07) is 14.3. The Hall–Kier alpha value is -0.870. The standard InChI is InChI=1S/C16H18BrClN2/c1-20(10-12-3-6-15(18)7-4-12)11-14-5-2-13(9-19)8-16(14)17/h2-8H,9-11,19H2,1H3. The zero-order valence-corrected chi connectivity index (χ0v) is 13.8. The van der Waals surface area contributed by atoms with Crippen LogP contribution in [0.2, 0.25) is 5.02 Å². The van der Waals surface area contributed by atoms with E-state index in [0.29, 0.717) is 6.54 Å². The Morgan fingerprint density at radius 3 is 2.30 bits per heavy atom. The van der Waals surface area contributed by atoms with Crippen molar-refractivity contribution < 1.29 is 0 Å². The molecule has 2 aromatic rings. The van der Waals surface area contributed by atoms with Crippen LogP contribution in [0.1, 0.15) is 16.7 Å². The number of benzene rings is 2. The highest BCUT2D eigenvalue weighted by Gasteiger charge is 2.06. The lowest BCUT2D eigenvalue weighted by molar-refractivity contribution is 0.318.